The van der Waals surface area contributed by atoms with E-state index in [-0.39, 0.29) is 11.5 Å². The van der Waals surface area contributed by atoms with Crippen LogP contribution in [0, 0.1) is 0 Å². The summed E-state index contributed by atoms with van der Waals surface area (Å²) in [4.78, 5) is 30.3. The smallest absolute Gasteiger partial charge is 0.261 e. The third-order valence-corrected chi connectivity index (χ3v) is 3.69. The Hall–Kier alpha value is -3.94. The largest absolute Gasteiger partial charge is 0.465 e. The van der Waals surface area contributed by atoms with Crippen LogP contribution in [-0.2, 0) is 4.79 Å². The number of carbonyl (C=O) groups is 1. The van der Waals surface area contributed by atoms with Crippen LogP contribution in [0.1, 0.15) is 5.76 Å². The van der Waals surface area contributed by atoms with Gasteiger partial charge in [0.25, 0.3) is 5.56 Å². The van der Waals surface area contributed by atoms with Gasteiger partial charge in [-0.1, -0.05) is 0 Å². The second-order valence-corrected chi connectivity index (χ2v) is 5.41. The first-order valence-electron chi connectivity index (χ1n) is 7.75. The number of carbonyl (C=O) groups excluding carboxylic acids is 1. The molecule has 8 nitrogen and oxygen atoms in total. The standard InChI is InChI=1S/C18H13N5O3/c24-16(8-7-14-2-1-9-26-14)22-12-3-5-13(6-4-12)23-17-15(10-21-23)18(25)20-11-19-17/h1-11H,(H,22,24)(H,19,20,25). The maximum atomic E-state index is 11.9. The van der Waals surface area contributed by atoms with Crippen molar-refractivity contribution in [1.29, 1.82) is 0 Å². The van der Waals surface area contributed by atoms with Gasteiger partial charge in [-0.2, -0.15) is 5.10 Å². The monoisotopic (exact) mass is 347 g/mol. The normalized spacial score (nSPS) is 11.2. The number of fused-ring (bicyclic) bond motifs is 1. The first-order valence-corrected chi connectivity index (χ1v) is 7.75. The molecule has 1 amide bonds. The summed E-state index contributed by atoms with van der Waals surface area (Å²) in [5.74, 6) is 0.329. The van der Waals surface area contributed by atoms with Gasteiger partial charge in [-0.25, -0.2) is 9.67 Å². The topological polar surface area (TPSA) is 106 Å². The molecule has 0 saturated carbocycles. The average molecular weight is 347 g/mol. The van der Waals surface area contributed by atoms with Crippen molar-refractivity contribution >= 4 is 28.7 Å². The van der Waals surface area contributed by atoms with Crippen molar-refractivity contribution in [3.63, 3.8) is 0 Å². The van der Waals surface area contributed by atoms with Gasteiger partial charge in [0, 0.05) is 11.8 Å². The van der Waals surface area contributed by atoms with Crippen LogP contribution in [0.5, 0.6) is 0 Å². The van der Waals surface area contributed by atoms with Gasteiger partial charge in [0.2, 0.25) is 5.91 Å². The molecule has 0 fully saturated rings. The van der Waals surface area contributed by atoms with Gasteiger partial charge >= 0.3 is 0 Å². The molecule has 4 aromatic rings. The van der Waals surface area contributed by atoms with E-state index in [0.29, 0.717) is 22.5 Å². The fraction of sp³-hybridized carbons (Fsp3) is 0. The Balaban J connectivity index is 1.52. The number of rotatable bonds is 4. The average Bonchev–Trinajstić information content (AvgIpc) is 3.31. The molecule has 0 unspecified atom stereocenters. The van der Waals surface area contributed by atoms with Crippen molar-refractivity contribution in [3.8, 4) is 5.69 Å². The molecule has 3 aromatic heterocycles. The van der Waals surface area contributed by atoms with Crippen LogP contribution < -0.4 is 10.9 Å². The molecular weight excluding hydrogens is 334 g/mol. The maximum absolute atomic E-state index is 11.9. The van der Waals surface area contributed by atoms with Crippen LogP contribution in [0.2, 0.25) is 0 Å². The molecule has 4 rings (SSSR count). The van der Waals surface area contributed by atoms with Crippen LogP contribution in [0.4, 0.5) is 5.69 Å². The van der Waals surface area contributed by atoms with Crippen molar-refractivity contribution < 1.29 is 9.21 Å². The fourth-order valence-electron chi connectivity index (χ4n) is 2.46. The molecular formula is C18H13N5O3. The molecule has 0 saturated heterocycles. The Bertz CT molecular complexity index is 1140. The molecule has 0 spiro atoms. The number of furan rings is 1. The molecule has 3 heterocycles. The number of hydrogen-bond donors (Lipinski definition) is 2. The lowest BCUT2D eigenvalue weighted by Crippen LogP contribution is -2.08. The number of anilines is 1. The van der Waals surface area contributed by atoms with Crippen LogP contribution in [-0.4, -0.2) is 25.7 Å². The molecule has 2 N–H and O–H groups in total. The summed E-state index contributed by atoms with van der Waals surface area (Å²) >= 11 is 0. The van der Waals surface area contributed by atoms with E-state index < -0.39 is 0 Å². The van der Waals surface area contributed by atoms with E-state index in [9.17, 15) is 9.59 Å². The number of aromatic nitrogens is 4. The van der Waals surface area contributed by atoms with Gasteiger partial charge in [0.1, 0.15) is 11.1 Å². The lowest BCUT2D eigenvalue weighted by atomic mass is 10.2. The number of H-pyrrole nitrogens is 1. The van der Waals surface area contributed by atoms with E-state index in [1.54, 1.807) is 47.2 Å². The molecule has 0 bridgehead atoms. The number of hydrogen-bond acceptors (Lipinski definition) is 5. The first-order chi connectivity index (χ1) is 12.7. The highest BCUT2D eigenvalue weighted by Crippen LogP contribution is 2.16. The first kappa shape index (κ1) is 15.6. The molecule has 0 radical (unpaired) electrons. The minimum Gasteiger partial charge on any atom is -0.465 e. The Morgan fingerprint density at radius 3 is 2.85 bits per heavy atom. The minimum absolute atomic E-state index is 0.242. The fourth-order valence-corrected chi connectivity index (χ4v) is 2.46. The Labute approximate surface area is 146 Å². The van der Waals surface area contributed by atoms with Gasteiger partial charge in [-0.3, -0.25) is 9.59 Å². The molecule has 8 heteroatoms. The lowest BCUT2D eigenvalue weighted by molar-refractivity contribution is -0.111. The highest BCUT2D eigenvalue weighted by atomic mass is 16.3. The maximum Gasteiger partial charge on any atom is 0.261 e. The Kier molecular flexibility index (Phi) is 3.91. The van der Waals surface area contributed by atoms with Crippen LogP contribution in [0.25, 0.3) is 22.8 Å². The number of amides is 1. The second-order valence-electron chi connectivity index (χ2n) is 5.41. The SMILES string of the molecule is O=C(C=Cc1ccco1)Nc1ccc(-n2ncc3c(=O)[nH]cnc32)cc1. The number of benzene rings is 1. The van der Waals surface area contributed by atoms with E-state index >= 15 is 0 Å². The highest BCUT2D eigenvalue weighted by Gasteiger charge is 2.09. The van der Waals surface area contributed by atoms with Crippen molar-refractivity contribution in [2.45, 2.75) is 0 Å². The summed E-state index contributed by atoms with van der Waals surface area (Å²) in [6, 6.07) is 10.6. The summed E-state index contributed by atoms with van der Waals surface area (Å²) in [6.07, 6.45) is 7.32. The molecule has 0 aliphatic rings. The van der Waals surface area contributed by atoms with Crippen molar-refractivity contribution in [1.82, 2.24) is 19.7 Å². The van der Waals surface area contributed by atoms with Crippen LogP contribution in [0.15, 0.2) is 70.5 Å². The van der Waals surface area contributed by atoms with Crippen molar-refractivity contribution in [3.05, 3.63) is 77.4 Å². The van der Waals surface area contributed by atoms with Gasteiger partial charge in [-0.15, -0.1) is 0 Å². The summed E-state index contributed by atoms with van der Waals surface area (Å²) in [5, 5.41) is 7.37. The molecule has 0 atom stereocenters. The van der Waals surface area contributed by atoms with E-state index in [1.165, 1.54) is 24.9 Å². The zero-order valence-electron chi connectivity index (χ0n) is 13.4. The van der Waals surface area contributed by atoms with Gasteiger partial charge in [0.15, 0.2) is 5.65 Å². The Morgan fingerprint density at radius 2 is 2.08 bits per heavy atom. The molecule has 128 valence electrons. The quantitative estimate of drug-likeness (QED) is 0.551. The van der Waals surface area contributed by atoms with Crippen molar-refractivity contribution in [2.24, 2.45) is 0 Å². The third kappa shape index (κ3) is 3.03. The zero-order chi connectivity index (χ0) is 17.9. The third-order valence-electron chi connectivity index (χ3n) is 3.69. The molecule has 0 aliphatic carbocycles. The zero-order valence-corrected chi connectivity index (χ0v) is 13.4. The number of nitrogens with zero attached hydrogens (tertiary/aromatic N) is 3. The molecule has 26 heavy (non-hydrogen) atoms. The van der Waals surface area contributed by atoms with E-state index in [0.717, 1.165) is 5.69 Å². The summed E-state index contributed by atoms with van der Waals surface area (Å²) in [5.41, 5.74) is 1.58. The van der Waals surface area contributed by atoms with E-state index in [4.69, 9.17) is 4.42 Å². The second kappa shape index (κ2) is 6.52. The predicted octanol–water partition coefficient (Wildman–Crippen LogP) is 2.35. The summed E-state index contributed by atoms with van der Waals surface area (Å²) in [7, 11) is 0. The van der Waals surface area contributed by atoms with E-state index in [2.05, 4.69) is 20.4 Å². The van der Waals surface area contributed by atoms with Crippen molar-refractivity contribution in [2.75, 3.05) is 5.32 Å². The van der Waals surface area contributed by atoms with Crippen LogP contribution >= 0.6 is 0 Å². The summed E-state index contributed by atoms with van der Waals surface area (Å²) in [6.45, 7) is 0. The molecule has 1 aromatic carbocycles. The van der Waals surface area contributed by atoms with Gasteiger partial charge in [0.05, 0.1) is 24.5 Å². The number of nitrogens with one attached hydrogen (secondary N) is 2. The summed E-state index contributed by atoms with van der Waals surface area (Å²) < 4.78 is 6.69. The number of aromatic amines is 1. The molecule has 0 aliphatic heterocycles. The van der Waals surface area contributed by atoms with Crippen LogP contribution in [0.3, 0.4) is 0 Å². The Morgan fingerprint density at radius 1 is 1.23 bits per heavy atom. The van der Waals surface area contributed by atoms with E-state index in [1.807, 2.05) is 0 Å². The minimum atomic E-state index is -0.271. The highest BCUT2D eigenvalue weighted by molar-refractivity contribution is 6.01. The van der Waals surface area contributed by atoms with Gasteiger partial charge in [-0.05, 0) is 42.5 Å². The van der Waals surface area contributed by atoms with Gasteiger partial charge < -0.3 is 14.7 Å². The predicted molar refractivity (Wildman–Crippen MR) is 95.9 cm³/mol. The lowest BCUT2D eigenvalue weighted by Gasteiger charge is -2.05.